The predicted molar refractivity (Wildman–Crippen MR) is 106 cm³/mol. The summed E-state index contributed by atoms with van der Waals surface area (Å²) in [4.78, 5) is 12.7. The number of nitrogens with zero attached hydrogens (tertiary/aromatic N) is 4. The Hall–Kier alpha value is -2.67. The normalized spacial score (nSPS) is 12.0. The van der Waals surface area contributed by atoms with Crippen LogP contribution in [0.15, 0.2) is 47.6 Å². The van der Waals surface area contributed by atoms with E-state index in [9.17, 15) is 4.79 Å². The zero-order chi connectivity index (χ0) is 19.4. The number of tetrazole rings is 1. The van der Waals surface area contributed by atoms with E-state index in [1.54, 1.807) is 16.8 Å². The number of benzene rings is 2. The fourth-order valence-corrected chi connectivity index (χ4v) is 3.48. The van der Waals surface area contributed by atoms with Gasteiger partial charge in [0.25, 0.3) is 0 Å². The average molecular weight is 382 g/mol. The summed E-state index contributed by atoms with van der Waals surface area (Å²) in [6, 6.07) is 13.2. The Morgan fingerprint density at radius 1 is 1.15 bits per heavy atom. The van der Waals surface area contributed by atoms with E-state index >= 15 is 0 Å². The molecule has 0 N–H and O–H groups in total. The van der Waals surface area contributed by atoms with Gasteiger partial charge in [0.15, 0.2) is 5.78 Å². The van der Waals surface area contributed by atoms with E-state index in [0.717, 1.165) is 17.0 Å². The number of aromatic nitrogens is 4. The fraction of sp³-hybridized carbons (Fsp3) is 0.300. The van der Waals surface area contributed by atoms with Crippen molar-refractivity contribution in [3.05, 3.63) is 59.2 Å². The monoisotopic (exact) mass is 382 g/mol. The third-order valence-corrected chi connectivity index (χ3v) is 5.31. The highest BCUT2D eigenvalue weighted by atomic mass is 32.2. The first-order chi connectivity index (χ1) is 13.0. The molecular formula is C20H22N4O2S. The number of carbonyl (C=O) groups excluding carboxylic acids is 1. The average Bonchev–Trinajstić information content (AvgIpc) is 3.12. The van der Waals surface area contributed by atoms with E-state index in [-0.39, 0.29) is 11.0 Å². The molecule has 3 rings (SSSR count). The van der Waals surface area contributed by atoms with Crippen molar-refractivity contribution in [3.8, 4) is 11.4 Å². The molecule has 2 aromatic carbocycles. The largest absolute Gasteiger partial charge is 0.494 e. The smallest absolute Gasteiger partial charge is 0.214 e. The minimum atomic E-state index is -0.320. The maximum Gasteiger partial charge on any atom is 0.214 e. The van der Waals surface area contributed by atoms with Gasteiger partial charge in [-0.3, -0.25) is 4.79 Å². The van der Waals surface area contributed by atoms with Gasteiger partial charge in [0.2, 0.25) is 5.16 Å². The summed E-state index contributed by atoms with van der Waals surface area (Å²) in [5, 5.41) is 12.2. The first kappa shape index (κ1) is 19.1. The molecule has 0 aliphatic rings. The summed E-state index contributed by atoms with van der Waals surface area (Å²) in [5.41, 5.74) is 3.90. The van der Waals surface area contributed by atoms with Gasteiger partial charge in [-0.25, -0.2) is 0 Å². The molecule has 0 aliphatic carbocycles. The summed E-state index contributed by atoms with van der Waals surface area (Å²) >= 11 is 1.35. The van der Waals surface area contributed by atoms with Gasteiger partial charge in [-0.15, -0.1) is 5.10 Å². The zero-order valence-electron chi connectivity index (χ0n) is 15.8. The van der Waals surface area contributed by atoms with Crippen molar-refractivity contribution in [1.82, 2.24) is 20.2 Å². The van der Waals surface area contributed by atoms with Gasteiger partial charge in [-0.1, -0.05) is 17.8 Å². The number of carbonyl (C=O) groups is 1. The molecule has 0 bridgehead atoms. The molecule has 0 fully saturated rings. The molecule has 6 nitrogen and oxygen atoms in total. The Kier molecular flexibility index (Phi) is 5.91. The predicted octanol–water partition coefficient (Wildman–Crippen LogP) is 4.04. The summed E-state index contributed by atoms with van der Waals surface area (Å²) in [6.07, 6.45) is 0. The number of Topliss-reactive ketones (excluding diaryl/α,β-unsaturated/α-hetero) is 1. The Morgan fingerprint density at radius 2 is 1.89 bits per heavy atom. The van der Waals surface area contributed by atoms with Gasteiger partial charge < -0.3 is 4.74 Å². The SMILES string of the molecule is CCOc1ccc(C(=O)[C@H](C)Sc2nnnn2-c2ccc(C)c(C)c2)cc1. The van der Waals surface area contributed by atoms with Gasteiger partial charge in [0.05, 0.1) is 17.5 Å². The van der Waals surface area contributed by atoms with Crippen molar-refractivity contribution >= 4 is 17.5 Å². The van der Waals surface area contributed by atoms with Crippen molar-refractivity contribution < 1.29 is 9.53 Å². The van der Waals surface area contributed by atoms with E-state index in [1.807, 2.05) is 51.1 Å². The quantitative estimate of drug-likeness (QED) is 0.454. The highest BCUT2D eigenvalue weighted by Gasteiger charge is 2.20. The molecule has 0 aliphatic heterocycles. The van der Waals surface area contributed by atoms with E-state index in [1.165, 1.54) is 17.3 Å². The van der Waals surface area contributed by atoms with Crippen LogP contribution in [0.25, 0.3) is 5.69 Å². The Bertz CT molecular complexity index is 937. The third kappa shape index (κ3) is 4.36. The van der Waals surface area contributed by atoms with Crippen LogP contribution < -0.4 is 4.74 Å². The van der Waals surface area contributed by atoms with Crippen LogP contribution >= 0.6 is 11.8 Å². The summed E-state index contributed by atoms with van der Waals surface area (Å²) in [7, 11) is 0. The van der Waals surface area contributed by atoms with Gasteiger partial charge in [0.1, 0.15) is 5.75 Å². The second-order valence-electron chi connectivity index (χ2n) is 6.22. The minimum absolute atomic E-state index is 0.0256. The van der Waals surface area contributed by atoms with Crippen molar-refractivity contribution in [2.75, 3.05) is 6.61 Å². The lowest BCUT2D eigenvalue weighted by molar-refractivity contribution is 0.0994. The number of thioether (sulfide) groups is 1. The van der Waals surface area contributed by atoms with Gasteiger partial charge in [0, 0.05) is 5.56 Å². The van der Waals surface area contributed by atoms with Crippen LogP contribution in [0.5, 0.6) is 5.75 Å². The Morgan fingerprint density at radius 3 is 2.56 bits per heavy atom. The first-order valence-corrected chi connectivity index (χ1v) is 9.67. The summed E-state index contributed by atoms with van der Waals surface area (Å²) in [5.74, 6) is 0.783. The number of aryl methyl sites for hydroxylation is 2. The molecule has 27 heavy (non-hydrogen) atoms. The maximum absolute atomic E-state index is 12.7. The van der Waals surface area contributed by atoms with Crippen molar-refractivity contribution in [3.63, 3.8) is 0 Å². The molecule has 1 heterocycles. The standard InChI is InChI=1S/C20H22N4O2S/c1-5-26-18-10-7-16(8-11-18)19(25)15(4)27-20-21-22-23-24(20)17-9-6-13(2)14(3)12-17/h6-12,15H,5H2,1-4H3/t15-/m0/s1. The van der Waals surface area contributed by atoms with Crippen molar-refractivity contribution in [2.24, 2.45) is 0 Å². The Labute approximate surface area is 162 Å². The lowest BCUT2D eigenvalue weighted by Gasteiger charge is -2.11. The highest BCUT2D eigenvalue weighted by Crippen LogP contribution is 2.26. The number of hydrogen-bond donors (Lipinski definition) is 0. The van der Waals surface area contributed by atoms with E-state index in [0.29, 0.717) is 17.3 Å². The van der Waals surface area contributed by atoms with Crippen LogP contribution in [-0.2, 0) is 0 Å². The van der Waals surface area contributed by atoms with Crippen molar-refractivity contribution in [2.45, 2.75) is 38.1 Å². The van der Waals surface area contributed by atoms with Crippen LogP contribution in [0.1, 0.15) is 35.3 Å². The molecule has 1 aromatic heterocycles. The van der Waals surface area contributed by atoms with Crippen LogP contribution in [0, 0.1) is 13.8 Å². The number of rotatable bonds is 7. The first-order valence-electron chi connectivity index (χ1n) is 8.79. The van der Waals surface area contributed by atoms with E-state index in [4.69, 9.17) is 4.74 Å². The van der Waals surface area contributed by atoms with Crippen LogP contribution in [0.2, 0.25) is 0 Å². The highest BCUT2D eigenvalue weighted by molar-refractivity contribution is 8.00. The van der Waals surface area contributed by atoms with Crippen LogP contribution in [-0.4, -0.2) is 37.8 Å². The molecule has 0 radical (unpaired) electrons. The number of ketones is 1. The molecule has 0 spiro atoms. The third-order valence-electron chi connectivity index (χ3n) is 4.28. The zero-order valence-corrected chi connectivity index (χ0v) is 16.7. The molecule has 0 amide bonds. The molecule has 0 unspecified atom stereocenters. The van der Waals surface area contributed by atoms with Crippen molar-refractivity contribution in [1.29, 1.82) is 0 Å². The fourth-order valence-electron chi connectivity index (χ4n) is 2.60. The molecule has 1 atom stereocenters. The lowest BCUT2D eigenvalue weighted by atomic mass is 10.1. The number of ether oxygens (including phenoxy) is 1. The maximum atomic E-state index is 12.7. The molecule has 0 saturated carbocycles. The minimum Gasteiger partial charge on any atom is -0.494 e. The van der Waals surface area contributed by atoms with Crippen LogP contribution in [0.3, 0.4) is 0 Å². The molecule has 7 heteroatoms. The summed E-state index contributed by atoms with van der Waals surface area (Å²) < 4.78 is 7.09. The van der Waals surface area contributed by atoms with E-state index in [2.05, 4.69) is 22.4 Å². The molecule has 3 aromatic rings. The molecular weight excluding hydrogens is 360 g/mol. The summed E-state index contributed by atoms with van der Waals surface area (Å²) in [6.45, 7) is 8.50. The second-order valence-corrected chi connectivity index (χ2v) is 7.53. The van der Waals surface area contributed by atoms with Gasteiger partial charge >= 0.3 is 0 Å². The lowest BCUT2D eigenvalue weighted by Crippen LogP contribution is -2.14. The van der Waals surface area contributed by atoms with Gasteiger partial charge in [-0.05, 0) is 85.6 Å². The molecule has 140 valence electrons. The second kappa shape index (κ2) is 8.35. The van der Waals surface area contributed by atoms with E-state index < -0.39 is 0 Å². The Balaban J connectivity index is 1.76. The molecule has 0 saturated heterocycles. The number of hydrogen-bond acceptors (Lipinski definition) is 6. The van der Waals surface area contributed by atoms with Crippen LogP contribution in [0.4, 0.5) is 0 Å². The topological polar surface area (TPSA) is 69.9 Å². The van der Waals surface area contributed by atoms with Gasteiger partial charge in [-0.2, -0.15) is 4.68 Å².